The largest absolute Gasteiger partial charge is 1.00 e. The molecule has 0 N–H and O–H groups in total. The predicted octanol–water partition coefficient (Wildman–Crippen LogP) is -2.78. The molecule has 0 fully saturated rings. The minimum atomic E-state index is -0.799. The van der Waals surface area contributed by atoms with Crippen LogP contribution in [0.3, 0.4) is 0 Å². The van der Waals surface area contributed by atoms with Gasteiger partial charge in [-0.3, -0.25) is 0 Å². The maximum absolute atomic E-state index is 10.9. The molecule has 14 heavy (non-hydrogen) atoms. The van der Waals surface area contributed by atoms with E-state index in [2.05, 4.69) is 19.9 Å². The topological polar surface area (TPSA) is 17.1 Å². The smallest absolute Gasteiger partial charge is 1.00 e. The minimum absolute atomic E-state index is 0. The first-order valence-corrected chi connectivity index (χ1v) is 5.79. The summed E-state index contributed by atoms with van der Waals surface area (Å²) < 4.78 is 12.1. The third-order valence-corrected chi connectivity index (χ3v) is 3.58. The summed E-state index contributed by atoms with van der Waals surface area (Å²) in [4.78, 5) is 0. The second kappa shape index (κ2) is 8.73. The first-order valence-electron chi connectivity index (χ1n) is 4.52. The summed E-state index contributed by atoms with van der Waals surface area (Å²) in [5.41, 5.74) is 2.69. The van der Waals surface area contributed by atoms with Crippen molar-refractivity contribution in [3.63, 3.8) is 0 Å². The summed E-state index contributed by atoms with van der Waals surface area (Å²) in [5, 5.41) is 0. The molecule has 0 saturated heterocycles. The maximum Gasteiger partial charge on any atom is -1.00 e. The van der Waals surface area contributed by atoms with Gasteiger partial charge in [-0.1, -0.05) is 0 Å². The van der Waals surface area contributed by atoms with Crippen molar-refractivity contribution in [2.45, 2.75) is 39.5 Å². The van der Waals surface area contributed by atoms with Crippen molar-refractivity contribution >= 4 is 0 Å². The van der Waals surface area contributed by atoms with Gasteiger partial charge in [0.2, 0.25) is 0 Å². The molecule has 0 amide bonds. The molecule has 0 spiro atoms. The second-order valence-electron chi connectivity index (χ2n) is 3.26. The molecular weight excluding hydrogens is 258 g/mol. The quantitative estimate of drug-likeness (QED) is 0.541. The fourth-order valence-electron chi connectivity index (χ4n) is 1.47. The first-order chi connectivity index (χ1) is 5.79. The van der Waals surface area contributed by atoms with Crippen LogP contribution in [0.1, 0.15) is 39.5 Å². The molecule has 0 radical (unpaired) electrons. The Hall–Kier alpha value is 0.444. The predicted molar refractivity (Wildman–Crippen MR) is 45.6 cm³/mol. The van der Waals surface area contributed by atoms with E-state index in [1.54, 1.807) is 0 Å². The Morgan fingerprint density at radius 2 is 2.07 bits per heavy atom. The molecule has 0 saturated carbocycles. The minimum Gasteiger partial charge on any atom is -1.00 e. The Morgan fingerprint density at radius 3 is 2.57 bits per heavy atom. The molecule has 80 valence electrons. The summed E-state index contributed by atoms with van der Waals surface area (Å²) in [7, 11) is 0. The van der Waals surface area contributed by atoms with Gasteiger partial charge in [-0.05, 0) is 0 Å². The van der Waals surface area contributed by atoms with Crippen LogP contribution in [-0.4, -0.2) is 0 Å². The van der Waals surface area contributed by atoms with E-state index in [4.69, 9.17) is 0 Å². The summed E-state index contributed by atoms with van der Waals surface area (Å²) in [5.74, 6) is 0. The molecule has 4 heteroatoms. The van der Waals surface area contributed by atoms with Crippen LogP contribution < -0.4 is 24.8 Å². The molecule has 1 rings (SSSR count). The number of hydrogen-bond donors (Lipinski definition) is 0. The number of rotatable bonds is 4. The molecule has 0 bridgehead atoms. The van der Waals surface area contributed by atoms with E-state index in [0.29, 0.717) is 0 Å². The van der Waals surface area contributed by atoms with E-state index in [1.165, 1.54) is 28.3 Å². The Labute approximate surface area is 106 Å². The summed E-state index contributed by atoms with van der Waals surface area (Å²) >= 11 is -0.799. The van der Waals surface area contributed by atoms with Crippen molar-refractivity contribution in [1.29, 1.82) is 0 Å². The van der Waals surface area contributed by atoms with Crippen LogP contribution in [0, 0.1) is 0 Å². The number of halogens is 2. The zero-order valence-corrected chi connectivity index (χ0v) is 11.4. The standard InChI is InChI=1S/C10H15.2ClH.O.V/c1-3-4-5-10-7-6-9(2)8-10;;;;/h7H,3-6H2,1-2H3;2*1H;;/q;;;;+2/p-2. The average molecular weight is 273 g/mol. The summed E-state index contributed by atoms with van der Waals surface area (Å²) in [6.45, 7) is 4.29. The van der Waals surface area contributed by atoms with E-state index in [0.717, 1.165) is 12.8 Å². The second-order valence-corrected chi connectivity index (χ2v) is 4.24. The number of unbranched alkanes of at least 4 members (excludes halogenated alkanes) is 1. The monoisotopic (exact) mass is 272 g/mol. The Kier molecular flexibility index (Phi) is 10.5. The van der Waals surface area contributed by atoms with Gasteiger partial charge in [0.25, 0.3) is 0 Å². The molecule has 0 aromatic rings. The van der Waals surface area contributed by atoms with E-state index < -0.39 is 16.2 Å². The third-order valence-electron chi connectivity index (χ3n) is 2.25. The van der Waals surface area contributed by atoms with Crippen LogP contribution in [-0.2, 0) is 19.9 Å². The van der Waals surface area contributed by atoms with Crippen molar-refractivity contribution in [2.75, 3.05) is 0 Å². The number of allylic oxidation sites excluding steroid dienone is 4. The fourth-order valence-corrected chi connectivity index (χ4v) is 2.35. The Morgan fingerprint density at radius 1 is 1.43 bits per heavy atom. The summed E-state index contributed by atoms with van der Waals surface area (Å²) in [6.07, 6.45) is 6.85. The Balaban J connectivity index is 0. The SMILES string of the molecule is CCCCC1=CCC(C)=[C]1[V+2]=[O].[Cl-].[Cl-]. The molecule has 1 aliphatic carbocycles. The van der Waals surface area contributed by atoms with Crippen LogP contribution in [0.25, 0.3) is 0 Å². The summed E-state index contributed by atoms with van der Waals surface area (Å²) in [6, 6.07) is 0. The van der Waals surface area contributed by atoms with Gasteiger partial charge in [0, 0.05) is 0 Å². The van der Waals surface area contributed by atoms with Crippen LogP contribution >= 0.6 is 0 Å². The van der Waals surface area contributed by atoms with Crippen molar-refractivity contribution in [1.82, 2.24) is 0 Å². The van der Waals surface area contributed by atoms with Crippen LogP contribution in [0.5, 0.6) is 0 Å². The molecule has 0 atom stereocenters. The van der Waals surface area contributed by atoms with Gasteiger partial charge in [-0.15, -0.1) is 0 Å². The first kappa shape index (κ1) is 16.9. The van der Waals surface area contributed by atoms with Crippen molar-refractivity contribution in [2.24, 2.45) is 0 Å². The third kappa shape index (κ3) is 4.31. The molecule has 0 aromatic carbocycles. The fraction of sp³-hybridized carbons (Fsp3) is 0.600. The molecule has 1 aliphatic rings. The van der Waals surface area contributed by atoms with Gasteiger partial charge in [0.05, 0.1) is 0 Å². The van der Waals surface area contributed by atoms with E-state index >= 15 is 0 Å². The molecule has 1 nitrogen and oxygen atoms in total. The van der Waals surface area contributed by atoms with Gasteiger partial charge >= 0.3 is 81.0 Å². The van der Waals surface area contributed by atoms with Gasteiger partial charge in [-0.25, -0.2) is 0 Å². The molecule has 0 aromatic heterocycles. The van der Waals surface area contributed by atoms with Gasteiger partial charge in [-0.2, -0.15) is 0 Å². The zero-order valence-electron chi connectivity index (χ0n) is 8.52. The normalized spacial score (nSPS) is 14.0. The Bertz CT molecular complexity index is 247. The zero-order chi connectivity index (χ0) is 8.97. The van der Waals surface area contributed by atoms with Crippen LogP contribution in [0.2, 0.25) is 0 Å². The molecular formula is C10H15Cl2OV. The van der Waals surface area contributed by atoms with Gasteiger partial charge in [0.15, 0.2) is 0 Å². The van der Waals surface area contributed by atoms with E-state index in [9.17, 15) is 3.67 Å². The van der Waals surface area contributed by atoms with Crippen molar-refractivity contribution < 1.29 is 44.7 Å². The van der Waals surface area contributed by atoms with E-state index in [1.807, 2.05) is 0 Å². The average Bonchev–Trinajstić information content (AvgIpc) is 2.43. The molecule has 0 unspecified atom stereocenters. The van der Waals surface area contributed by atoms with Crippen LogP contribution in [0.15, 0.2) is 21.5 Å². The number of hydrogen-bond acceptors (Lipinski definition) is 1. The van der Waals surface area contributed by atoms with Crippen molar-refractivity contribution in [3.05, 3.63) is 21.5 Å². The molecule has 0 aliphatic heterocycles. The van der Waals surface area contributed by atoms with Gasteiger partial charge < -0.3 is 24.8 Å². The van der Waals surface area contributed by atoms with E-state index in [-0.39, 0.29) is 24.8 Å². The maximum atomic E-state index is 10.9. The van der Waals surface area contributed by atoms with Crippen molar-refractivity contribution in [3.8, 4) is 0 Å². The van der Waals surface area contributed by atoms with Gasteiger partial charge in [0.1, 0.15) is 0 Å². The van der Waals surface area contributed by atoms with Crippen LogP contribution in [0.4, 0.5) is 0 Å². The molecule has 0 heterocycles.